The summed E-state index contributed by atoms with van der Waals surface area (Å²) in [5.41, 5.74) is 7.26. The largest absolute Gasteiger partial charge is 0.382 e. The Bertz CT molecular complexity index is 462. The van der Waals surface area contributed by atoms with Gasteiger partial charge < -0.3 is 11.6 Å². The molecule has 4 aliphatic rings. The first-order valence-electron chi connectivity index (χ1n) is 7.23. The molecule has 4 nitrogen and oxygen atoms in total. The highest BCUT2D eigenvalue weighted by Crippen LogP contribution is 2.60. The highest BCUT2D eigenvalue weighted by molar-refractivity contribution is 5.42. The van der Waals surface area contributed by atoms with Crippen molar-refractivity contribution in [3.8, 4) is 0 Å². The van der Waals surface area contributed by atoms with Crippen molar-refractivity contribution in [1.29, 1.82) is 0 Å². The van der Waals surface area contributed by atoms with Crippen molar-refractivity contribution in [2.75, 3.05) is 11.6 Å². The molecule has 18 heavy (non-hydrogen) atoms. The van der Waals surface area contributed by atoms with Crippen LogP contribution >= 0.6 is 0 Å². The Morgan fingerprint density at radius 3 is 2.06 bits per heavy atom. The number of nitrogens with zero attached hydrogens (tertiary/aromatic N) is 2. The van der Waals surface area contributed by atoms with Gasteiger partial charge in [0.15, 0.2) is 0 Å². The fraction of sp³-hybridized carbons (Fsp3) is 0.786. The predicted octanol–water partition coefficient (Wildman–Crippen LogP) is 2.03. The molecule has 1 aromatic heterocycles. The first-order valence-corrected chi connectivity index (χ1v) is 7.23. The molecule has 4 bridgehead atoms. The zero-order valence-corrected chi connectivity index (χ0v) is 11.0. The molecular weight excluding hydrogens is 224 g/mol. The molecule has 0 spiro atoms. The Balaban J connectivity index is 1.74. The Morgan fingerprint density at radius 1 is 1.06 bits per heavy atom. The van der Waals surface area contributed by atoms with Gasteiger partial charge in [0, 0.05) is 5.92 Å². The van der Waals surface area contributed by atoms with Crippen LogP contribution in [0, 0.1) is 30.6 Å². The van der Waals surface area contributed by atoms with Crippen molar-refractivity contribution in [3.63, 3.8) is 0 Å². The molecule has 0 aliphatic heterocycles. The molecule has 0 unspecified atom stereocenters. The van der Waals surface area contributed by atoms with Crippen LogP contribution in [0.25, 0.3) is 0 Å². The van der Waals surface area contributed by atoms with E-state index in [4.69, 9.17) is 11.6 Å². The van der Waals surface area contributed by atoms with E-state index in [1.165, 1.54) is 32.1 Å². The average molecular weight is 246 g/mol. The van der Waals surface area contributed by atoms with Crippen LogP contribution in [0.5, 0.6) is 0 Å². The minimum atomic E-state index is 0.585. The number of aromatic nitrogens is 2. The van der Waals surface area contributed by atoms with Crippen LogP contribution in [-0.4, -0.2) is 9.66 Å². The summed E-state index contributed by atoms with van der Waals surface area (Å²) in [6.07, 6.45) is 7.07. The molecule has 4 N–H and O–H groups in total. The maximum absolute atomic E-state index is 6.16. The number of hydrogen-bond acceptors (Lipinski definition) is 3. The van der Waals surface area contributed by atoms with Gasteiger partial charge in [-0.15, -0.1) is 0 Å². The standard InChI is InChI=1S/C14H22N4/c1-7-17-13(14(15)18(7)16)12-10-3-8-2-9(5-10)6-11(12)4-8/h8-12H,2-6,15-16H2,1H3. The average Bonchev–Trinajstić information content (AvgIpc) is 2.56. The van der Waals surface area contributed by atoms with E-state index in [0.717, 1.165) is 35.2 Å². The molecule has 0 atom stereocenters. The number of aryl methyl sites for hydroxylation is 1. The SMILES string of the molecule is Cc1nc(C2C3CC4CC(C3)CC2C4)c(N)n1N. The van der Waals surface area contributed by atoms with Crippen molar-refractivity contribution in [3.05, 3.63) is 11.5 Å². The lowest BCUT2D eigenvalue weighted by atomic mass is 9.51. The van der Waals surface area contributed by atoms with Crippen LogP contribution in [0.15, 0.2) is 0 Å². The fourth-order valence-electron chi connectivity index (χ4n) is 5.20. The second kappa shape index (κ2) is 3.43. The first kappa shape index (κ1) is 10.7. The van der Waals surface area contributed by atoms with Crippen molar-refractivity contribution >= 4 is 5.82 Å². The molecule has 4 aliphatic carbocycles. The van der Waals surface area contributed by atoms with Gasteiger partial charge in [0.2, 0.25) is 0 Å². The summed E-state index contributed by atoms with van der Waals surface area (Å²) in [6, 6.07) is 0. The Morgan fingerprint density at radius 2 is 1.61 bits per heavy atom. The summed E-state index contributed by atoms with van der Waals surface area (Å²) >= 11 is 0. The summed E-state index contributed by atoms with van der Waals surface area (Å²) in [5, 5.41) is 0. The lowest BCUT2D eigenvalue weighted by Gasteiger charge is -2.54. The molecule has 1 aromatic rings. The number of rotatable bonds is 1. The third-order valence-electron chi connectivity index (χ3n) is 5.70. The topological polar surface area (TPSA) is 69.9 Å². The van der Waals surface area contributed by atoms with E-state index in [-0.39, 0.29) is 0 Å². The Kier molecular flexibility index (Phi) is 2.04. The monoisotopic (exact) mass is 246 g/mol. The second-order valence-corrected chi connectivity index (χ2v) is 6.76. The van der Waals surface area contributed by atoms with Gasteiger partial charge in [0.25, 0.3) is 0 Å². The van der Waals surface area contributed by atoms with Crippen LogP contribution in [0.3, 0.4) is 0 Å². The molecule has 0 aromatic carbocycles. The van der Waals surface area contributed by atoms with Crippen molar-refractivity contribution in [2.24, 2.45) is 23.7 Å². The summed E-state index contributed by atoms with van der Waals surface area (Å²) < 4.78 is 1.56. The number of imidazole rings is 1. The number of hydrogen-bond donors (Lipinski definition) is 2. The molecule has 0 saturated heterocycles. The fourth-order valence-corrected chi connectivity index (χ4v) is 5.20. The van der Waals surface area contributed by atoms with Crippen molar-refractivity contribution < 1.29 is 0 Å². The number of nitrogen functional groups attached to an aromatic ring is 2. The van der Waals surface area contributed by atoms with E-state index >= 15 is 0 Å². The zero-order chi connectivity index (χ0) is 12.4. The molecule has 4 fully saturated rings. The lowest BCUT2D eigenvalue weighted by molar-refractivity contribution is -0.00381. The van der Waals surface area contributed by atoms with Crippen LogP contribution in [0.2, 0.25) is 0 Å². The normalized spacial score (nSPS) is 41.5. The molecule has 4 heteroatoms. The van der Waals surface area contributed by atoms with Crippen LogP contribution in [0.4, 0.5) is 5.82 Å². The van der Waals surface area contributed by atoms with Gasteiger partial charge in [-0.25, -0.2) is 9.66 Å². The van der Waals surface area contributed by atoms with Gasteiger partial charge in [-0.3, -0.25) is 0 Å². The van der Waals surface area contributed by atoms with Crippen LogP contribution in [-0.2, 0) is 0 Å². The van der Waals surface area contributed by atoms with Gasteiger partial charge in [0.1, 0.15) is 11.6 Å². The lowest BCUT2D eigenvalue weighted by Crippen LogP contribution is -2.44. The summed E-state index contributed by atoms with van der Waals surface area (Å²) in [5.74, 6) is 11.7. The third-order valence-corrected chi connectivity index (χ3v) is 5.70. The van der Waals surface area contributed by atoms with E-state index in [9.17, 15) is 0 Å². The van der Waals surface area contributed by atoms with Crippen LogP contribution < -0.4 is 11.6 Å². The Hall–Kier alpha value is -1.19. The molecule has 0 radical (unpaired) electrons. The van der Waals surface area contributed by atoms with E-state index < -0.39 is 0 Å². The highest BCUT2D eigenvalue weighted by atomic mass is 15.4. The summed E-state index contributed by atoms with van der Waals surface area (Å²) in [4.78, 5) is 4.67. The predicted molar refractivity (Wildman–Crippen MR) is 71.3 cm³/mol. The van der Waals surface area contributed by atoms with E-state index in [1.807, 2.05) is 6.92 Å². The van der Waals surface area contributed by atoms with Gasteiger partial charge in [0.05, 0.1) is 5.69 Å². The quantitative estimate of drug-likeness (QED) is 0.745. The summed E-state index contributed by atoms with van der Waals surface area (Å²) in [7, 11) is 0. The van der Waals surface area contributed by atoms with Gasteiger partial charge in [-0.1, -0.05) is 0 Å². The third kappa shape index (κ3) is 1.29. The molecular formula is C14H22N4. The summed E-state index contributed by atoms with van der Waals surface area (Å²) in [6.45, 7) is 1.94. The molecule has 1 heterocycles. The Labute approximate surface area is 108 Å². The van der Waals surface area contributed by atoms with Gasteiger partial charge in [-0.05, 0) is 62.7 Å². The second-order valence-electron chi connectivity index (χ2n) is 6.76. The highest BCUT2D eigenvalue weighted by Gasteiger charge is 2.50. The van der Waals surface area contributed by atoms with Crippen molar-refractivity contribution in [2.45, 2.75) is 44.9 Å². The van der Waals surface area contributed by atoms with Gasteiger partial charge >= 0.3 is 0 Å². The number of anilines is 1. The molecule has 0 amide bonds. The van der Waals surface area contributed by atoms with E-state index in [2.05, 4.69) is 4.98 Å². The van der Waals surface area contributed by atoms with Gasteiger partial charge in [-0.2, -0.15) is 0 Å². The zero-order valence-electron chi connectivity index (χ0n) is 11.0. The first-order chi connectivity index (χ1) is 8.63. The van der Waals surface area contributed by atoms with Crippen molar-refractivity contribution in [1.82, 2.24) is 9.66 Å². The smallest absolute Gasteiger partial charge is 0.146 e. The van der Waals surface area contributed by atoms with Crippen LogP contribution in [0.1, 0.15) is 49.5 Å². The molecule has 98 valence electrons. The maximum atomic E-state index is 6.16. The van der Waals surface area contributed by atoms with E-state index in [0.29, 0.717) is 11.7 Å². The molecule has 4 saturated carbocycles. The maximum Gasteiger partial charge on any atom is 0.146 e. The molecule has 5 rings (SSSR count). The minimum Gasteiger partial charge on any atom is -0.382 e. The minimum absolute atomic E-state index is 0.585. The number of nitrogens with two attached hydrogens (primary N) is 2. The van der Waals surface area contributed by atoms with E-state index in [1.54, 1.807) is 4.68 Å².